The van der Waals surface area contributed by atoms with E-state index in [1.165, 1.54) is 13.2 Å². The fourth-order valence-corrected chi connectivity index (χ4v) is 4.71. The molecule has 0 aliphatic carbocycles. The number of carbonyl (C=O) groups is 2. The van der Waals surface area contributed by atoms with Gasteiger partial charge in [0.15, 0.2) is 11.6 Å². The summed E-state index contributed by atoms with van der Waals surface area (Å²) in [5.41, 5.74) is 1.80. The first-order valence-corrected chi connectivity index (χ1v) is 9.50. The van der Waals surface area contributed by atoms with Gasteiger partial charge in [-0.15, -0.1) is 11.3 Å². The van der Waals surface area contributed by atoms with Gasteiger partial charge in [-0.05, 0) is 35.4 Å². The number of rotatable bonds is 4. The summed E-state index contributed by atoms with van der Waals surface area (Å²) in [6, 6.07) is 10.3. The Morgan fingerprint density at radius 3 is 2.52 bits per heavy atom. The van der Waals surface area contributed by atoms with Gasteiger partial charge in [-0.2, -0.15) is 0 Å². The van der Waals surface area contributed by atoms with Gasteiger partial charge in [-0.3, -0.25) is 4.79 Å². The summed E-state index contributed by atoms with van der Waals surface area (Å²) in [7, 11) is 1.52. The Morgan fingerprint density at radius 1 is 1.17 bits per heavy atom. The summed E-state index contributed by atoms with van der Waals surface area (Å²) >= 11 is 1.03. The Balaban J connectivity index is 1.90. The van der Waals surface area contributed by atoms with Crippen molar-refractivity contribution in [3.63, 3.8) is 0 Å². The number of thiophene rings is 1. The van der Waals surface area contributed by atoms with E-state index in [0.717, 1.165) is 23.5 Å². The zero-order valence-electron chi connectivity index (χ0n) is 15.2. The fraction of sp³-hybridized carbons (Fsp3) is 0.143. The van der Waals surface area contributed by atoms with Crippen LogP contribution >= 0.6 is 11.3 Å². The summed E-state index contributed by atoms with van der Waals surface area (Å²) in [5.74, 6) is -3.40. The molecule has 0 fully saturated rings. The molecule has 5 nitrogen and oxygen atoms in total. The first kappa shape index (κ1) is 19.1. The molecule has 1 amide bonds. The lowest BCUT2D eigenvalue weighted by Gasteiger charge is -2.24. The van der Waals surface area contributed by atoms with E-state index in [4.69, 9.17) is 4.74 Å². The molecule has 1 aromatic heterocycles. The summed E-state index contributed by atoms with van der Waals surface area (Å²) in [5, 5.41) is 12.5. The Labute approximate surface area is 168 Å². The first-order chi connectivity index (χ1) is 13.9. The van der Waals surface area contributed by atoms with Gasteiger partial charge < -0.3 is 15.2 Å². The summed E-state index contributed by atoms with van der Waals surface area (Å²) in [6.07, 6.45) is 0.0136. The lowest BCUT2D eigenvalue weighted by molar-refractivity contribution is -0.116. The van der Waals surface area contributed by atoms with Crippen LogP contribution in [0.2, 0.25) is 0 Å². The summed E-state index contributed by atoms with van der Waals surface area (Å²) in [6.45, 7) is 0. The number of hydrogen-bond donors (Lipinski definition) is 2. The van der Waals surface area contributed by atoms with Gasteiger partial charge in [0.05, 0.1) is 12.8 Å². The predicted molar refractivity (Wildman–Crippen MR) is 105 cm³/mol. The van der Waals surface area contributed by atoms with Gasteiger partial charge in [-0.1, -0.05) is 18.2 Å². The molecule has 1 atom stereocenters. The Hall–Kier alpha value is -3.26. The van der Waals surface area contributed by atoms with Crippen LogP contribution in [0.15, 0.2) is 42.5 Å². The molecular weight excluding hydrogens is 400 g/mol. The van der Waals surface area contributed by atoms with Crippen LogP contribution in [0.5, 0.6) is 5.75 Å². The highest BCUT2D eigenvalue weighted by atomic mass is 32.1. The van der Waals surface area contributed by atoms with Crippen LogP contribution in [0, 0.1) is 11.6 Å². The smallest absolute Gasteiger partial charge is 0.346 e. The molecule has 0 saturated heterocycles. The van der Waals surface area contributed by atoms with Gasteiger partial charge in [0.2, 0.25) is 5.91 Å². The van der Waals surface area contributed by atoms with Crippen molar-refractivity contribution in [3.05, 3.63) is 69.4 Å². The van der Waals surface area contributed by atoms with E-state index in [1.807, 2.05) is 0 Å². The number of methoxy groups -OCH3 is 1. The molecule has 1 aliphatic rings. The number of carboxylic acid groups (broad SMARTS) is 1. The molecule has 0 radical (unpaired) electrons. The molecule has 0 bridgehead atoms. The van der Waals surface area contributed by atoms with Crippen molar-refractivity contribution in [3.8, 4) is 16.9 Å². The number of hydrogen-bond acceptors (Lipinski definition) is 4. The molecule has 1 unspecified atom stereocenters. The molecule has 2 N–H and O–H groups in total. The maximum atomic E-state index is 13.8. The maximum Gasteiger partial charge on any atom is 0.346 e. The second kappa shape index (κ2) is 7.29. The van der Waals surface area contributed by atoms with Gasteiger partial charge in [-0.25, -0.2) is 13.6 Å². The number of carbonyl (C=O) groups excluding carboxylic acids is 1. The Kier molecular flexibility index (Phi) is 4.79. The molecule has 1 aliphatic heterocycles. The van der Waals surface area contributed by atoms with Gasteiger partial charge in [0.1, 0.15) is 10.6 Å². The zero-order chi connectivity index (χ0) is 20.7. The van der Waals surface area contributed by atoms with Crippen molar-refractivity contribution in [2.45, 2.75) is 12.3 Å². The van der Waals surface area contributed by atoms with Crippen LogP contribution in [0.4, 0.5) is 14.5 Å². The van der Waals surface area contributed by atoms with E-state index in [9.17, 15) is 23.5 Å². The molecule has 2 heterocycles. The third-order valence-electron chi connectivity index (χ3n) is 4.82. The topological polar surface area (TPSA) is 75.6 Å². The molecule has 29 heavy (non-hydrogen) atoms. The largest absolute Gasteiger partial charge is 0.497 e. The highest BCUT2D eigenvalue weighted by Crippen LogP contribution is 2.49. The predicted octanol–water partition coefficient (Wildman–Crippen LogP) is 4.87. The molecule has 8 heteroatoms. The number of aromatic carboxylic acids is 1. The fourth-order valence-electron chi connectivity index (χ4n) is 3.47. The van der Waals surface area contributed by atoms with Crippen molar-refractivity contribution in [2.75, 3.05) is 12.4 Å². The van der Waals surface area contributed by atoms with Gasteiger partial charge in [0, 0.05) is 22.8 Å². The van der Waals surface area contributed by atoms with Crippen LogP contribution in [0.3, 0.4) is 0 Å². The lowest BCUT2D eigenvalue weighted by atomic mass is 9.88. The Morgan fingerprint density at radius 2 is 1.90 bits per heavy atom. The molecule has 0 spiro atoms. The minimum absolute atomic E-state index is 0.0136. The SMILES string of the molecule is COc1ccc(-c2c(C(=O)O)sc3c2NC(=O)CC3c2ccc(F)c(F)c2)cc1. The number of nitrogens with one attached hydrogen (secondary N) is 1. The summed E-state index contributed by atoms with van der Waals surface area (Å²) in [4.78, 5) is 25.0. The van der Waals surface area contributed by atoms with E-state index >= 15 is 0 Å². The number of carboxylic acids is 1. The average Bonchev–Trinajstić information content (AvgIpc) is 3.09. The van der Waals surface area contributed by atoms with Crippen LogP contribution in [0.25, 0.3) is 11.1 Å². The number of amides is 1. The summed E-state index contributed by atoms with van der Waals surface area (Å²) < 4.78 is 32.3. The average molecular weight is 415 g/mol. The number of ether oxygens (including phenoxy) is 1. The second-order valence-electron chi connectivity index (χ2n) is 6.56. The maximum absolute atomic E-state index is 13.8. The number of benzene rings is 2. The van der Waals surface area contributed by atoms with E-state index in [-0.39, 0.29) is 17.2 Å². The van der Waals surface area contributed by atoms with Gasteiger partial charge >= 0.3 is 5.97 Å². The third kappa shape index (κ3) is 3.36. The van der Waals surface area contributed by atoms with Crippen LogP contribution in [-0.4, -0.2) is 24.1 Å². The zero-order valence-corrected chi connectivity index (χ0v) is 16.0. The number of fused-ring (bicyclic) bond motifs is 1. The Bertz CT molecular complexity index is 1120. The highest BCUT2D eigenvalue weighted by molar-refractivity contribution is 7.15. The quantitative estimate of drug-likeness (QED) is 0.637. The minimum atomic E-state index is -1.13. The van der Waals surface area contributed by atoms with Crippen LogP contribution in [0.1, 0.15) is 32.5 Å². The highest BCUT2D eigenvalue weighted by Gasteiger charge is 2.34. The van der Waals surface area contributed by atoms with E-state index in [1.54, 1.807) is 24.3 Å². The van der Waals surface area contributed by atoms with Crippen LogP contribution < -0.4 is 10.1 Å². The lowest BCUT2D eigenvalue weighted by Crippen LogP contribution is -2.22. The second-order valence-corrected chi connectivity index (χ2v) is 7.61. The first-order valence-electron chi connectivity index (χ1n) is 8.68. The van der Waals surface area contributed by atoms with Crippen LogP contribution in [-0.2, 0) is 4.79 Å². The standard InChI is InChI=1S/C21H15F2NO4S/c1-28-12-5-2-10(3-6-12)17-18-19(29-20(17)21(26)27)13(9-16(25)24-18)11-4-7-14(22)15(23)8-11/h2-8,13H,9H2,1H3,(H,24,25)(H,26,27). The monoisotopic (exact) mass is 415 g/mol. The molecule has 4 rings (SSSR count). The van der Waals surface area contributed by atoms with Gasteiger partial charge in [0.25, 0.3) is 0 Å². The van der Waals surface area contributed by atoms with Crippen molar-refractivity contribution >= 4 is 28.9 Å². The minimum Gasteiger partial charge on any atom is -0.497 e. The third-order valence-corrected chi connectivity index (χ3v) is 6.12. The van der Waals surface area contributed by atoms with Crippen molar-refractivity contribution < 1.29 is 28.2 Å². The molecular formula is C21H15F2NO4S. The van der Waals surface area contributed by atoms with E-state index in [0.29, 0.717) is 33.0 Å². The molecule has 3 aromatic rings. The number of anilines is 1. The number of halogens is 2. The van der Waals surface area contributed by atoms with Crippen molar-refractivity contribution in [1.82, 2.24) is 0 Å². The van der Waals surface area contributed by atoms with Crippen molar-refractivity contribution in [2.24, 2.45) is 0 Å². The molecule has 0 saturated carbocycles. The van der Waals surface area contributed by atoms with Crippen molar-refractivity contribution in [1.29, 1.82) is 0 Å². The van der Waals surface area contributed by atoms with E-state index in [2.05, 4.69) is 5.32 Å². The molecule has 148 valence electrons. The van der Waals surface area contributed by atoms with E-state index < -0.39 is 23.5 Å². The molecule has 2 aromatic carbocycles. The normalized spacial score (nSPS) is 15.6.